The second-order valence-corrected chi connectivity index (χ2v) is 5.30. The molecule has 108 valence electrons. The molecule has 0 bridgehead atoms. The van der Waals surface area contributed by atoms with Crippen molar-refractivity contribution in [1.82, 2.24) is 4.98 Å². The number of aliphatic carboxylic acids is 1. The highest BCUT2D eigenvalue weighted by molar-refractivity contribution is 9.10. The van der Waals surface area contributed by atoms with E-state index in [-0.39, 0.29) is 12.2 Å². The molecule has 5 nitrogen and oxygen atoms in total. The minimum absolute atomic E-state index is 0.145. The summed E-state index contributed by atoms with van der Waals surface area (Å²) in [5, 5.41) is 12.0. The molecule has 21 heavy (non-hydrogen) atoms. The fraction of sp³-hybridized carbons (Fsp3) is 0.133. The van der Waals surface area contributed by atoms with Crippen molar-refractivity contribution in [3.05, 3.63) is 58.7 Å². The number of carbonyl (C=O) groups is 2. The third kappa shape index (κ3) is 4.39. The summed E-state index contributed by atoms with van der Waals surface area (Å²) >= 11 is 3.29. The van der Waals surface area contributed by atoms with E-state index >= 15 is 0 Å². The number of rotatable bonds is 6. The molecule has 0 saturated heterocycles. The largest absolute Gasteiger partial charge is 0.480 e. The van der Waals surface area contributed by atoms with Crippen molar-refractivity contribution in [2.45, 2.75) is 12.5 Å². The lowest BCUT2D eigenvalue weighted by molar-refractivity contribution is -0.137. The Hall–Kier alpha value is -2.21. The van der Waals surface area contributed by atoms with Gasteiger partial charge in [0.2, 0.25) is 0 Å². The van der Waals surface area contributed by atoms with Gasteiger partial charge in [0.15, 0.2) is 5.78 Å². The van der Waals surface area contributed by atoms with Crippen molar-refractivity contribution < 1.29 is 14.7 Å². The molecular weight excluding hydrogens is 336 g/mol. The number of anilines is 1. The minimum atomic E-state index is -1.09. The van der Waals surface area contributed by atoms with Crippen molar-refractivity contribution in [3.63, 3.8) is 0 Å². The fourth-order valence-corrected chi connectivity index (χ4v) is 2.03. The Labute approximate surface area is 130 Å². The number of nitrogens with one attached hydrogen (secondary N) is 1. The van der Waals surface area contributed by atoms with Gasteiger partial charge >= 0.3 is 5.97 Å². The summed E-state index contributed by atoms with van der Waals surface area (Å²) in [5.41, 5.74) is 0.479. The van der Waals surface area contributed by atoms with Crippen LogP contribution in [0.5, 0.6) is 0 Å². The Morgan fingerprint density at radius 3 is 2.48 bits per heavy atom. The molecule has 1 unspecified atom stereocenters. The Balaban J connectivity index is 2.07. The summed E-state index contributed by atoms with van der Waals surface area (Å²) in [4.78, 5) is 27.4. The maximum atomic E-state index is 12.1. The second-order valence-electron chi connectivity index (χ2n) is 4.38. The zero-order chi connectivity index (χ0) is 15.2. The zero-order valence-electron chi connectivity index (χ0n) is 11.0. The van der Waals surface area contributed by atoms with Gasteiger partial charge in [-0.25, -0.2) is 9.78 Å². The van der Waals surface area contributed by atoms with Crippen molar-refractivity contribution in [2.24, 2.45) is 0 Å². The van der Waals surface area contributed by atoms with Crippen molar-refractivity contribution in [3.8, 4) is 0 Å². The molecule has 0 aliphatic heterocycles. The molecule has 0 spiro atoms. The van der Waals surface area contributed by atoms with Crippen LogP contribution >= 0.6 is 15.9 Å². The van der Waals surface area contributed by atoms with Crippen LogP contribution in [0, 0.1) is 0 Å². The molecular formula is C15H13BrN2O3. The second kappa shape index (κ2) is 6.99. The molecule has 0 aliphatic rings. The number of halogens is 1. The van der Waals surface area contributed by atoms with Crippen LogP contribution in [0.1, 0.15) is 16.8 Å². The topological polar surface area (TPSA) is 79.3 Å². The number of nitrogens with zero attached hydrogens (tertiary/aromatic N) is 1. The number of hydrogen-bond donors (Lipinski definition) is 2. The summed E-state index contributed by atoms with van der Waals surface area (Å²) in [6, 6.07) is 10.9. The Kier molecular flexibility index (Phi) is 5.05. The van der Waals surface area contributed by atoms with Crippen LogP contribution in [0.4, 0.5) is 5.82 Å². The summed E-state index contributed by atoms with van der Waals surface area (Å²) < 4.78 is 0.862. The van der Waals surface area contributed by atoms with Crippen LogP contribution < -0.4 is 5.32 Å². The normalized spacial score (nSPS) is 11.7. The van der Waals surface area contributed by atoms with E-state index in [0.717, 1.165) is 4.47 Å². The molecule has 2 aromatic rings. The fourth-order valence-electron chi connectivity index (χ4n) is 1.77. The zero-order valence-corrected chi connectivity index (χ0v) is 12.6. The SMILES string of the molecule is O=C(CC(Nc1ccccn1)C(=O)O)c1ccc(Br)cc1. The monoisotopic (exact) mass is 348 g/mol. The quantitative estimate of drug-likeness (QED) is 0.784. The first-order valence-corrected chi connectivity index (χ1v) is 7.04. The van der Waals surface area contributed by atoms with E-state index in [9.17, 15) is 14.7 Å². The number of carboxylic acids is 1. The number of aromatic nitrogens is 1. The predicted octanol–water partition coefficient (Wildman–Crippen LogP) is 2.98. The third-order valence-electron chi connectivity index (χ3n) is 2.84. The molecule has 1 heterocycles. The Bertz CT molecular complexity index is 629. The van der Waals surface area contributed by atoms with Gasteiger partial charge in [-0.05, 0) is 24.3 Å². The molecule has 1 aromatic heterocycles. The van der Waals surface area contributed by atoms with E-state index in [4.69, 9.17) is 0 Å². The van der Waals surface area contributed by atoms with Crippen molar-refractivity contribution in [1.29, 1.82) is 0 Å². The molecule has 1 atom stereocenters. The smallest absolute Gasteiger partial charge is 0.326 e. The highest BCUT2D eigenvalue weighted by atomic mass is 79.9. The molecule has 0 fully saturated rings. The summed E-state index contributed by atoms with van der Waals surface area (Å²) in [5.74, 6) is -0.905. The van der Waals surface area contributed by atoms with Gasteiger partial charge in [0.05, 0.1) is 0 Å². The molecule has 0 amide bonds. The lowest BCUT2D eigenvalue weighted by Crippen LogP contribution is -2.32. The van der Waals surface area contributed by atoms with Gasteiger partial charge in [0, 0.05) is 22.7 Å². The highest BCUT2D eigenvalue weighted by Crippen LogP contribution is 2.14. The van der Waals surface area contributed by atoms with Crippen molar-refractivity contribution >= 4 is 33.5 Å². The molecule has 0 radical (unpaired) electrons. The van der Waals surface area contributed by atoms with Crippen LogP contribution in [-0.2, 0) is 4.79 Å². The number of hydrogen-bond acceptors (Lipinski definition) is 4. The number of pyridine rings is 1. The summed E-state index contributed by atoms with van der Waals surface area (Å²) in [6.45, 7) is 0. The van der Waals surface area contributed by atoms with E-state index in [1.807, 2.05) is 0 Å². The number of ketones is 1. The first-order chi connectivity index (χ1) is 10.1. The molecule has 2 rings (SSSR count). The molecule has 2 N–H and O–H groups in total. The average molecular weight is 349 g/mol. The van der Waals surface area contributed by atoms with Gasteiger partial charge in [-0.2, -0.15) is 0 Å². The summed E-state index contributed by atoms with van der Waals surface area (Å²) in [6.07, 6.45) is 1.41. The van der Waals surface area contributed by atoms with E-state index < -0.39 is 12.0 Å². The molecule has 0 saturated carbocycles. The molecule has 0 aliphatic carbocycles. The van der Waals surface area contributed by atoms with Gasteiger partial charge < -0.3 is 10.4 Å². The molecule has 6 heteroatoms. The average Bonchev–Trinajstić information content (AvgIpc) is 2.48. The Morgan fingerprint density at radius 2 is 1.90 bits per heavy atom. The Morgan fingerprint density at radius 1 is 1.19 bits per heavy atom. The van der Waals surface area contributed by atoms with Crippen LogP contribution in [0.2, 0.25) is 0 Å². The number of benzene rings is 1. The lowest BCUT2D eigenvalue weighted by Gasteiger charge is -2.14. The number of carboxylic acid groups (broad SMARTS) is 1. The van der Waals surface area contributed by atoms with Crippen LogP contribution in [-0.4, -0.2) is 27.9 Å². The first-order valence-electron chi connectivity index (χ1n) is 6.25. The van der Waals surface area contributed by atoms with Gasteiger partial charge in [0.25, 0.3) is 0 Å². The van der Waals surface area contributed by atoms with E-state index in [1.165, 1.54) is 0 Å². The number of carbonyl (C=O) groups excluding carboxylic acids is 1. The van der Waals surface area contributed by atoms with E-state index in [2.05, 4.69) is 26.2 Å². The standard InChI is InChI=1S/C15H13BrN2O3/c16-11-6-4-10(5-7-11)13(19)9-12(15(20)21)18-14-3-1-2-8-17-14/h1-8,12H,9H2,(H,17,18)(H,20,21). The van der Waals surface area contributed by atoms with Crippen molar-refractivity contribution in [2.75, 3.05) is 5.32 Å². The highest BCUT2D eigenvalue weighted by Gasteiger charge is 2.22. The summed E-state index contributed by atoms with van der Waals surface area (Å²) in [7, 11) is 0. The van der Waals surface area contributed by atoms with Crippen LogP contribution in [0.25, 0.3) is 0 Å². The van der Waals surface area contributed by atoms with Crippen LogP contribution in [0.3, 0.4) is 0 Å². The van der Waals surface area contributed by atoms with Gasteiger partial charge in [-0.3, -0.25) is 4.79 Å². The maximum Gasteiger partial charge on any atom is 0.326 e. The predicted molar refractivity (Wildman–Crippen MR) is 82.4 cm³/mol. The molecule has 1 aromatic carbocycles. The van der Waals surface area contributed by atoms with E-state index in [0.29, 0.717) is 11.4 Å². The van der Waals surface area contributed by atoms with E-state index in [1.54, 1.807) is 48.7 Å². The van der Waals surface area contributed by atoms with Crippen LogP contribution in [0.15, 0.2) is 53.1 Å². The minimum Gasteiger partial charge on any atom is -0.480 e. The number of Topliss-reactive ketones (excluding diaryl/α,β-unsaturated/α-hetero) is 1. The first kappa shape index (κ1) is 15.2. The van der Waals surface area contributed by atoms with Gasteiger partial charge in [0.1, 0.15) is 11.9 Å². The maximum absolute atomic E-state index is 12.1. The lowest BCUT2D eigenvalue weighted by atomic mass is 10.0. The third-order valence-corrected chi connectivity index (χ3v) is 3.37. The van der Waals surface area contributed by atoms with Gasteiger partial charge in [-0.15, -0.1) is 0 Å². The van der Waals surface area contributed by atoms with Gasteiger partial charge in [-0.1, -0.05) is 34.1 Å².